The fourth-order valence-electron chi connectivity index (χ4n) is 2.30. The van der Waals surface area contributed by atoms with E-state index in [1.807, 2.05) is 60.7 Å². The first-order valence-corrected chi connectivity index (χ1v) is 15.6. The van der Waals surface area contributed by atoms with Crippen molar-refractivity contribution < 1.29 is 17.1 Å². The van der Waals surface area contributed by atoms with Crippen molar-refractivity contribution in [3.63, 3.8) is 0 Å². The fourth-order valence-corrected chi connectivity index (χ4v) is 11.7. The number of rotatable bonds is 9. The van der Waals surface area contributed by atoms with Gasteiger partial charge in [0.25, 0.3) is 0 Å². The number of hydrogen-bond acceptors (Lipinski definition) is 0. The standard InChI is InChI=1S/2C5H5.3C4H9.Fe.Sn/c2*1-2-4-5-3-1;3*1-3-4-2;;/h2*1-5H;3*1,3-4H2,2H3;;/q2*-1;;;;+2;. The largest absolute Gasteiger partial charge is 2.00 e. The van der Waals surface area contributed by atoms with Gasteiger partial charge < -0.3 is 0 Å². The summed E-state index contributed by atoms with van der Waals surface area (Å²) < 4.78 is 5.04. The summed E-state index contributed by atoms with van der Waals surface area (Å²) in [7, 11) is 0. The van der Waals surface area contributed by atoms with Gasteiger partial charge in [-0.15, -0.1) is 0 Å². The normalized spacial score (nSPS) is 9.33. The zero-order valence-electron chi connectivity index (χ0n) is 16.0. The van der Waals surface area contributed by atoms with Crippen molar-refractivity contribution >= 4 is 19.8 Å². The smallest absolute Gasteiger partial charge is 0.214 e. The van der Waals surface area contributed by atoms with Gasteiger partial charge in [-0.05, 0) is 0 Å². The molecule has 0 saturated carbocycles. The van der Waals surface area contributed by atoms with Crippen molar-refractivity contribution in [3.8, 4) is 0 Å². The number of hydrogen-bond donors (Lipinski definition) is 0. The molecule has 0 aromatic heterocycles. The van der Waals surface area contributed by atoms with Crippen LogP contribution in [0, 0.1) is 0 Å². The maximum absolute atomic E-state index is 2.33. The van der Waals surface area contributed by atoms with E-state index in [1.165, 1.54) is 38.5 Å². The molecule has 2 heteroatoms. The molecule has 0 bridgehead atoms. The van der Waals surface area contributed by atoms with Gasteiger partial charge in [0.1, 0.15) is 0 Å². The average molecular weight is 476 g/mol. The summed E-state index contributed by atoms with van der Waals surface area (Å²) in [5.41, 5.74) is 0. The van der Waals surface area contributed by atoms with E-state index >= 15 is 0 Å². The van der Waals surface area contributed by atoms with E-state index in [2.05, 4.69) is 20.8 Å². The molecule has 0 saturated heterocycles. The van der Waals surface area contributed by atoms with E-state index in [0.717, 1.165) is 0 Å². The van der Waals surface area contributed by atoms with E-state index in [9.17, 15) is 0 Å². The van der Waals surface area contributed by atoms with Crippen LogP contribution in [0.3, 0.4) is 0 Å². The molecule has 0 heterocycles. The van der Waals surface area contributed by atoms with Crippen LogP contribution in [0.1, 0.15) is 59.3 Å². The Morgan fingerprint density at radius 3 is 1.04 bits per heavy atom. The van der Waals surface area contributed by atoms with Crippen molar-refractivity contribution in [2.45, 2.75) is 72.6 Å². The van der Waals surface area contributed by atoms with Gasteiger partial charge in [-0.2, -0.15) is 36.4 Å². The first kappa shape index (κ1) is 26.2. The van der Waals surface area contributed by atoms with Crippen LogP contribution in [-0.4, -0.2) is 19.8 Å². The van der Waals surface area contributed by atoms with Crippen molar-refractivity contribution in [1.29, 1.82) is 0 Å². The Kier molecular flexibility index (Phi) is 25.2. The molecule has 0 unspecified atom stereocenters. The molecule has 2 aromatic carbocycles. The van der Waals surface area contributed by atoms with E-state index < -0.39 is 19.8 Å². The Bertz CT molecular complexity index is 287. The van der Waals surface area contributed by atoms with Crippen LogP contribution in [0.25, 0.3) is 0 Å². The molecule has 0 spiro atoms. The van der Waals surface area contributed by atoms with E-state index in [-0.39, 0.29) is 17.1 Å². The molecular weight excluding hydrogens is 439 g/mol. The molecule has 137 valence electrons. The van der Waals surface area contributed by atoms with Crippen LogP contribution < -0.4 is 0 Å². The number of unbranched alkanes of at least 4 members (excludes halogenated alkanes) is 3. The van der Waals surface area contributed by atoms with Gasteiger partial charge in [-0.1, -0.05) is 0 Å². The van der Waals surface area contributed by atoms with E-state index in [0.29, 0.717) is 0 Å². The van der Waals surface area contributed by atoms with Gasteiger partial charge in [0, 0.05) is 0 Å². The quantitative estimate of drug-likeness (QED) is 0.257. The van der Waals surface area contributed by atoms with Gasteiger partial charge >= 0.3 is 109 Å². The van der Waals surface area contributed by atoms with E-state index in [4.69, 9.17) is 0 Å². The van der Waals surface area contributed by atoms with Gasteiger partial charge in [0.05, 0.1) is 0 Å². The predicted octanol–water partition coefficient (Wildman–Crippen LogP) is 7.69. The summed E-state index contributed by atoms with van der Waals surface area (Å²) in [6.07, 6.45) is 8.85. The van der Waals surface area contributed by atoms with Crippen molar-refractivity contribution in [1.82, 2.24) is 0 Å². The second kappa shape index (κ2) is 23.0. The Hall–Kier alpha value is 0.0182. The van der Waals surface area contributed by atoms with Gasteiger partial charge in [0.15, 0.2) is 0 Å². The topological polar surface area (TPSA) is 0 Å². The Morgan fingerprint density at radius 2 is 0.875 bits per heavy atom. The molecule has 2 rings (SSSR count). The van der Waals surface area contributed by atoms with Crippen molar-refractivity contribution in [2.24, 2.45) is 0 Å². The van der Waals surface area contributed by atoms with Crippen molar-refractivity contribution in [2.75, 3.05) is 0 Å². The Labute approximate surface area is 169 Å². The summed E-state index contributed by atoms with van der Waals surface area (Å²) in [5, 5.41) is 0. The van der Waals surface area contributed by atoms with Crippen LogP contribution in [-0.2, 0) is 17.1 Å². The molecule has 0 aliphatic heterocycles. The molecule has 0 amide bonds. The summed E-state index contributed by atoms with van der Waals surface area (Å²) >= 11 is -0.839. The fraction of sp³-hybridized carbons (Fsp3) is 0.545. The minimum absolute atomic E-state index is 0. The third-order valence-electron chi connectivity index (χ3n) is 3.76. The summed E-state index contributed by atoms with van der Waals surface area (Å²) in [6, 6.07) is 20.0. The van der Waals surface area contributed by atoms with Crippen LogP contribution in [0.2, 0.25) is 13.3 Å². The van der Waals surface area contributed by atoms with Crippen LogP contribution >= 0.6 is 0 Å². The third kappa shape index (κ3) is 20.1. The Morgan fingerprint density at radius 1 is 0.583 bits per heavy atom. The monoisotopic (exact) mass is 477 g/mol. The van der Waals surface area contributed by atoms with E-state index in [1.54, 1.807) is 13.3 Å². The second-order valence-electron chi connectivity index (χ2n) is 5.99. The third-order valence-corrected chi connectivity index (χ3v) is 12.8. The van der Waals surface area contributed by atoms with Crippen LogP contribution in [0.5, 0.6) is 0 Å². The molecule has 2 aromatic rings. The van der Waals surface area contributed by atoms with Gasteiger partial charge in [-0.3, -0.25) is 0 Å². The van der Waals surface area contributed by atoms with Crippen LogP contribution in [0.15, 0.2) is 60.7 Å². The molecule has 0 N–H and O–H groups in total. The molecule has 0 fully saturated rings. The minimum atomic E-state index is -0.839. The molecule has 1 radical (unpaired) electrons. The minimum Gasteiger partial charge on any atom is -0.214 e. The second-order valence-corrected chi connectivity index (χ2v) is 14.5. The molecular formula is C22H37FeSn. The summed E-state index contributed by atoms with van der Waals surface area (Å²) in [4.78, 5) is 0. The SMILES string of the molecule is CCC[CH2][Sn]([CH2]CCC)[CH2]CCC.[Fe+2].c1cc[cH-]c1.c1cc[cH-]c1. The first-order chi connectivity index (χ1) is 11.3. The molecule has 0 aliphatic carbocycles. The van der Waals surface area contributed by atoms with Gasteiger partial charge in [0.2, 0.25) is 0 Å². The zero-order valence-corrected chi connectivity index (χ0v) is 19.9. The average Bonchev–Trinajstić information content (AvgIpc) is 3.31. The first-order valence-electron chi connectivity index (χ1n) is 9.52. The zero-order chi connectivity index (χ0) is 17.0. The maximum Gasteiger partial charge on any atom is 2.00 e. The molecule has 0 aliphatic rings. The maximum atomic E-state index is 2.33. The summed E-state index contributed by atoms with van der Waals surface area (Å²) in [6.45, 7) is 7.00. The van der Waals surface area contributed by atoms with Gasteiger partial charge in [-0.25, -0.2) is 24.3 Å². The summed E-state index contributed by atoms with van der Waals surface area (Å²) in [5.74, 6) is 0. The molecule has 0 atom stereocenters. The Balaban J connectivity index is 0. The molecule has 0 nitrogen and oxygen atoms in total. The predicted molar refractivity (Wildman–Crippen MR) is 109 cm³/mol. The van der Waals surface area contributed by atoms with Crippen LogP contribution in [0.4, 0.5) is 0 Å². The van der Waals surface area contributed by atoms with Crippen molar-refractivity contribution in [3.05, 3.63) is 60.7 Å². The molecule has 24 heavy (non-hydrogen) atoms.